The Morgan fingerprint density at radius 1 is 0.783 bits per heavy atom. The van der Waals surface area contributed by atoms with Gasteiger partial charge in [0.05, 0.1) is 41.9 Å². The topological polar surface area (TPSA) is 122 Å². The quantitative estimate of drug-likeness (QED) is 0.316. The van der Waals surface area contributed by atoms with Crippen LogP contribution in [0, 0.1) is 0 Å². The lowest BCUT2D eigenvalue weighted by atomic mass is 9.80. The first-order chi connectivity index (χ1) is 21.3. The number of benzene rings is 2. The molecular formula is C35H47BrO10. The molecule has 2 spiro atoms. The van der Waals surface area contributed by atoms with Gasteiger partial charge in [0, 0.05) is 31.2 Å². The average Bonchev–Trinajstić information content (AvgIpc) is 3.65. The van der Waals surface area contributed by atoms with Crippen molar-refractivity contribution < 1.29 is 48.2 Å². The van der Waals surface area contributed by atoms with Gasteiger partial charge in [0.1, 0.15) is 23.4 Å². The summed E-state index contributed by atoms with van der Waals surface area (Å²) in [6.07, 6.45) is -0.521. The van der Waals surface area contributed by atoms with Gasteiger partial charge in [0.15, 0.2) is 17.9 Å². The SMILES string of the molecule is C.CC1(C)OC[C@]2(C[C@@H](O)[C@@H](Br)[C@H](OC(=O)c3ccccc3)C2)O1.CC1(C)OC[C@]2(C[C@@H](O)[C@H]3OC(c4ccccc4)O[C@@H]3C2)O1. The summed E-state index contributed by atoms with van der Waals surface area (Å²) in [4.78, 5) is 12.0. The van der Waals surface area contributed by atoms with Crippen molar-refractivity contribution in [1.82, 2.24) is 0 Å². The van der Waals surface area contributed by atoms with Gasteiger partial charge in [-0.05, 0) is 39.8 Å². The third-order valence-corrected chi connectivity index (χ3v) is 10.2. The van der Waals surface area contributed by atoms with Crippen LogP contribution in [-0.2, 0) is 33.2 Å². The van der Waals surface area contributed by atoms with Crippen molar-refractivity contribution in [3.05, 3.63) is 71.8 Å². The van der Waals surface area contributed by atoms with Crippen molar-refractivity contribution in [2.75, 3.05) is 13.2 Å². The summed E-state index contributed by atoms with van der Waals surface area (Å²) in [5.74, 6) is -1.69. The molecule has 9 atom stereocenters. The van der Waals surface area contributed by atoms with Crippen LogP contribution in [0.1, 0.15) is 83.0 Å². The monoisotopic (exact) mass is 706 g/mol. The van der Waals surface area contributed by atoms with E-state index >= 15 is 0 Å². The van der Waals surface area contributed by atoms with E-state index in [1.54, 1.807) is 24.3 Å². The number of esters is 1. The number of aliphatic hydroxyl groups excluding tert-OH is 2. The van der Waals surface area contributed by atoms with Crippen LogP contribution in [0.3, 0.4) is 0 Å². The van der Waals surface area contributed by atoms with Gasteiger partial charge in [-0.3, -0.25) is 0 Å². The van der Waals surface area contributed by atoms with E-state index in [2.05, 4.69) is 15.9 Å². The summed E-state index contributed by atoms with van der Waals surface area (Å²) in [7, 11) is 0. The second-order valence-corrected chi connectivity index (χ2v) is 14.7. The molecule has 3 heterocycles. The molecule has 7 rings (SSSR count). The number of fused-ring (bicyclic) bond motifs is 1. The molecule has 10 nitrogen and oxygen atoms in total. The molecule has 254 valence electrons. The lowest BCUT2D eigenvalue weighted by molar-refractivity contribution is -0.188. The largest absolute Gasteiger partial charge is 0.457 e. The van der Waals surface area contributed by atoms with Crippen molar-refractivity contribution in [2.24, 2.45) is 0 Å². The van der Waals surface area contributed by atoms with Crippen molar-refractivity contribution in [3.63, 3.8) is 0 Å². The number of halogens is 1. The fourth-order valence-electron chi connectivity index (χ4n) is 7.08. The smallest absolute Gasteiger partial charge is 0.338 e. The van der Waals surface area contributed by atoms with E-state index in [9.17, 15) is 15.0 Å². The van der Waals surface area contributed by atoms with Gasteiger partial charge in [-0.25, -0.2) is 4.79 Å². The molecule has 46 heavy (non-hydrogen) atoms. The second-order valence-electron chi connectivity index (χ2n) is 13.7. The van der Waals surface area contributed by atoms with Gasteiger partial charge in [0.2, 0.25) is 0 Å². The minimum Gasteiger partial charge on any atom is -0.457 e. The van der Waals surface area contributed by atoms with E-state index in [1.807, 2.05) is 64.1 Å². The van der Waals surface area contributed by atoms with Gasteiger partial charge in [-0.2, -0.15) is 0 Å². The zero-order chi connectivity index (χ0) is 32.0. The maximum Gasteiger partial charge on any atom is 0.338 e. The maximum absolute atomic E-state index is 12.3. The molecule has 5 aliphatic rings. The predicted octanol–water partition coefficient (Wildman–Crippen LogP) is 5.43. The highest BCUT2D eigenvalue weighted by atomic mass is 79.9. The fraction of sp³-hybridized carbons (Fsp3) is 0.629. The Balaban J connectivity index is 0.000000177. The van der Waals surface area contributed by atoms with E-state index in [0.717, 1.165) is 5.56 Å². The van der Waals surface area contributed by atoms with Crippen molar-refractivity contribution in [3.8, 4) is 0 Å². The second kappa shape index (κ2) is 13.5. The first-order valence-electron chi connectivity index (χ1n) is 15.6. The summed E-state index contributed by atoms with van der Waals surface area (Å²) in [5, 5.41) is 20.9. The van der Waals surface area contributed by atoms with Crippen LogP contribution in [0.25, 0.3) is 0 Å². The molecule has 3 aliphatic heterocycles. The Hall–Kier alpha value is -1.93. The van der Waals surface area contributed by atoms with Crippen molar-refractivity contribution >= 4 is 21.9 Å². The van der Waals surface area contributed by atoms with Crippen LogP contribution >= 0.6 is 15.9 Å². The fourth-order valence-corrected chi connectivity index (χ4v) is 7.56. The first kappa shape index (κ1) is 35.4. The van der Waals surface area contributed by atoms with Crippen molar-refractivity contribution in [1.29, 1.82) is 0 Å². The third kappa shape index (κ3) is 7.69. The summed E-state index contributed by atoms with van der Waals surface area (Å²) < 4.78 is 41.1. The molecule has 2 aromatic carbocycles. The van der Waals surface area contributed by atoms with E-state index in [-0.39, 0.29) is 24.5 Å². The summed E-state index contributed by atoms with van der Waals surface area (Å²) in [5.41, 5.74) is 0.376. The summed E-state index contributed by atoms with van der Waals surface area (Å²) in [6.45, 7) is 8.37. The highest BCUT2D eigenvalue weighted by Crippen LogP contribution is 2.48. The number of carbonyl (C=O) groups is 1. The standard InChI is InChI=1S/C17H21BrO5.C17H22O5.CH4/c1-16(2)21-10-17(23-16)8-12(19)14(18)13(9-17)22-15(20)11-6-4-3-5-7-11;1-16(2)19-10-17(22-16)8-12(18)14-13(9-17)20-15(21-14)11-6-4-3-5-7-11;/h3-7,12-14,19H,8-10H2,1-2H3;3-7,12-15,18H,8-10H2,1-2H3;1H4/t12-,13-,14-,17-;12-,13-,14-,15?,17-;/m11./s1. The summed E-state index contributed by atoms with van der Waals surface area (Å²) >= 11 is 3.46. The summed E-state index contributed by atoms with van der Waals surface area (Å²) in [6, 6.07) is 18.7. The lowest BCUT2D eigenvalue weighted by Gasteiger charge is -2.42. The Kier molecular flexibility index (Phi) is 10.4. The molecule has 0 bridgehead atoms. The Bertz CT molecular complexity index is 1330. The third-order valence-electron chi connectivity index (χ3n) is 8.99. The van der Waals surface area contributed by atoms with Crippen LogP contribution in [0.5, 0.6) is 0 Å². The number of alkyl halides is 1. The lowest BCUT2D eigenvalue weighted by Crippen LogP contribution is -2.53. The van der Waals surface area contributed by atoms with Gasteiger partial charge in [0.25, 0.3) is 0 Å². The normalized spacial score (nSPS) is 38.8. The molecule has 11 heteroatoms. The van der Waals surface area contributed by atoms with Gasteiger partial charge < -0.3 is 43.4 Å². The molecule has 2 saturated carbocycles. The maximum atomic E-state index is 12.3. The predicted molar refractivity (Wildman–Crippen MR) is 172 cm³/mol. The number of rotatable bonds is 3. The van der Waals surface area contributed by atoms with Crippen LogP contribution in [0.15, 0.2) is 60.7 Å². The number of hydrogen-bond acceptors (Lipinski definition) is 10. The van der Waals surface area contributed by atoms with E-state index in [0.29, 0.717) is 44.5 Å². The zero-order valence-electron chi connectivity index (χ0n) is 26.1. The van der Waals surface area contributed by atoms with Crippen molar-refractivity contribution in [2.45, 2.75) is 125 Å². The van der Waals surface area contributed by atoms with E-state index in [1.165, 1.54) is 0 Å². The molecule has 0 radical (unpaired) electrons. The highest BCUT2D eigenvalue weighted by Gasteiger charge is 2.57. The molecule has 0 aromatic heterocycles. The van der Waals surface area contributed by atoms with Crippen LogP contribution in [0.2, 0.25) is 0 Å². The Morgan fingerprint density at radius 3 is 1.89 bits per heavy atom. The molecule has 3 saturated heterocycles. The number of ether oxygens (including phenoxy) is 7. The molecule has 0 amide bonds. The molecule has 2 aliphatic carbocycles. The van der Waals surface area contributed by atoms with Crippen LogP contribution < -0.4 is 0 Å². The molecular weight excluding hydrogens is 660 g/mol. The Morgan fingerprint density at radius 2 is 1.33 bits per heavy atom. The molecule has 5 fully saturated rings. The van der Waals surface area contributed by atoms with Gasteiger partial charge in [-0.15, -0.1) is 0 Å². The minimum atomic E-state index is -0.688. The highest BCUT2D eigenvalue weighted by molar-refractivity contribution is 9.09. The number of carbonyl (C=O) groups excluding carboxylic acids is 1. The molecule has 1 unspecified atom stereocenters. The molecule has 2 N–H and O–H groups in total. The van der Waals surface area contributed by atoms with Gasteiger partial charge >= 0.3 is 5.97 Å². The number of hydrogen-bond donors (Lipinski definition) is 2. The Labute approximate surface area is 279 Å². The van der Waals surface area contributed by atoms with Gasteiger partial charge in [-0.1, -0.05) is 71.9 Å². The average molecular weight is 708 g/mol. The molecule has 2 aromatic rings. The minimum absolute atomic E-state index is 0. The van der Waals surface area contributed by atoms with Crippen LogP contribution in [-0.4, -0.2) is 87.5 Å². The zero-order valence-corrected chi connectivity index (χ0v) is 27.7. The van der Waals surface area contributed by atoms with E-state index < -0.39 is 53.3 Å². The van der Waals surface area contributed by atoms with E-state index in [4.69, 9.17) is 33.2 Å². The first-order valence-corrected chi connectivity index (χ1v) is 16.5. The van der Waals surface area contributed by atoms with Crippen LogP contribution in [0.4, 0.5) is 0 Å². The number of aliphatic hydroxyl groups is 2.